The van der Waals surface area contributed by atoms with Crippen LogP contribution in [0, 0.1) is 0 Å². The van der Waals surface area contributed by atoms with E-state index in [2.05, 4.69) is 59.9 Å². The van der Waals surface area contributed by atoms with Crippen LogP contribution >= 0.6 is 0 Å². The third kappa shape index (κ3) is 1.40. The first-order chi connectivity index (χ1) is 9.38. The van der Waals surface area contributed by atoms with Gasteiger partial charge in [0.05, 0.1) is 16.6 Å². The van der Waals surface area contributed by atoms with E-state index in [1.165, 1.54) is 21.8 Å². The fourth-order valence-corrected chi connectivity index (χ4v) is 2.85. The van der Waals surface area contributed by atoms with Gasteiger partial charge in [0.2, 0.25) is 0 Å². The third-order valence-corrected chi connectivity index (χ3v) is 3.71. The smallest absolute Gasteiger partial charge is 0.114 e. The van der Waals surface area contributed by atoms with Crippen LogP contribution in [0.5, 0.6) is 0 Å². The van der Waals surface area contributed by atoms with Gasteiger partial charge >= 0.3 is 0 Å². The van der Waals surface area contributed by atoms with Gasteiger partial charge < -0.3 is 0 Å². The van der Waals surface area contributed by atoms with Crippen molar-refractivity contribution in [2.45, 2.75) is 13.3 Å². The minimum absolute atomic E-state index is 0.931. The molecule has 0 fully saturated rings. The van der Waals surface area contributed by atoms with Crippen LogP contribution < -0.4 is 0 Å². The van der Waals surface area contributed by atoms with Gasteiger partial charge in [-0.05, 0) is 18.2 Å². The Hall–Kier alpha value is -2.35. The van der Waals surface area contributed by atoms with E-state index in [0.29, 0.717) is 0 Å². The maximum atomic E-state index is 4.81. The Balaban J connectivity index is 2.34. The summed E-state index contributed by atoms with van der Waals surface area (Å²) in [5.74, 6) is 1.12. The summed E-state index contributed by atoms with van der Waals surface area (Å²) in [4.78, 5) is 4.81. The second kappa shape index (κ2) is 3.82. The molecule has 0 spiro atoms. The van der Waals surface area contributed by atoms with E-state index in [0.717, 1.165) is 17.8 Å². The van der Waals surface area contributed by atoms with Gasteiger partial charge in [0.15, 0.2) is 0 Å². The Bertz CT molecular complexity index is 903. The zero-order chi connectivity index (χ0) is 12.8. The van der Waals surface area contributed by atoms with Crippen LogP contribution in [0.4, 0.5) is 0 Å². The maximum Gasteiger partial charge on any atom is 0.114 e. The van der Waals surface area contributed by atoms with Gasteiger partial charge in [-0.15, -0.1) is 0 Å². The first kappa shape index (κ1) is 10.6. The molecule has 2 heterocycles. The number of fused-ring (bicyclic) bond motifs is 5. The van der Waals surface area contributed by atoms with E-state index in [1.54, 1.807) is 0 Å². The maximum absolute atomic E-state index is 4.81. The Kier molecular flexibility index (Phi) is 2.12. The molecule has 2 nitrogen and oxygen atoms in total. The average Bonchev–Trinajstić information content (AvgIpc) is 2.86. The topological polar surface area (TPSA) is 17.3 Å². The molecule has 4 aromatic rings. The van der Waals surface area contributed by atoms with Crippen LogP contribution in [0.3, 0.4) is 0 Å². The number of aryl methyl sites for hydroxylation is 1. The summed E-state index contributed by atoms with van der Waals surface area (Å²) in [7, 11) is 0. The first-order valence-electron chi connectivity index (χ1n) is 6.66. The fraction of sp³-hybridized carbons (Fsp3) is 0.118. The van der Waals surface area contributed by atoms with Crippen LogP contribution in [0.25, 0.3) is 27.3 Å². The molecule has 0 N–H and O–H groups in total. The lowest BCUT2D eigenvalue weighted by molar-refractivity contribution is 0.934. The highest BCUT2D eigenvalue weighted by molar-refractivity contribution is 6.00. The molecule has 4 rings (SSSR count). The Morgan fingerprint density at radius 2 is 1.74 bits per heavy atom. The van der Waals surface area contributed by atoms with Crippen molar-refractivity contribution in [3.63, 3.8) is 0 Å². The molecule has 0 saturated heterocycles. The molecule has 0 aliphatic rings. The summed E-state index contributed by atoms with van der Waals surface area (Å²) in [5, 5.41) is 2.49. The summed E-state index contributed by atoms with van der Waals surface area (Å²) < 4.78 is 2.29. The van der Waals surface area contributed by atoms with Gasteiger partial charge in [-0.1, -0.05) is 43.3 Å². The lowest BCUT2D eigenvalue weighted by Crippen LogP contribution is -1.99. The second-order valence-corrected chi connectivity index (χ2v) is 4.82. The molecule has 2 heteroatoms. The molecule has 0 atom stereocenters. The Morgan fingerprint density at radius 3 is 2.63 bits per heavy atom. The molecule has 0 amide bonds. The van der Waals surface area contributed by atoms with E-state index in [4.69, 9.17) is 4.98 Å². The van der Waals surface area contributed by atoms with Crippen molar-refractivity contribution in [3.8, 4) is 0 Å². The minimum Gasteiger partial charge on any atom is -0.297 e. The third-order valence-electron chi connectivity index (χ3n) is 3.71. The van der Waals surface area contributed by atoms with E-state index in [1.807, 2.05) is 6.07 Å². The quantitative estimate of drug-likeness (QED) is 0.492. The second-order valence-electron chi connectivity index (χ2n) is 4.82. The van der Waals surface area contributed by atoms with E-state index in [9.17, 15) is 0 Å². The Labute approximate surface area is 111 Å². The van der Waals surface area contributed by atoms with E-state index < -0.39 is 0 Å². The molecule has 0 unspecified atom stereocenters. The SMILES string of the molecule is CCc1nc2ccccc2c2cc3ccccc3n12. The predicted molar refractivity (Wildman–Crippen MR) is 79.6 cm³/mol. The zero-order valence-corrected chi connectivity index (χ0v) is 10.8. The molecule has 2 aromatic carbocycles. The summed E-state index contributed by atoms with van der Waals surface area (Å²) >= 11 is 0. The Morgan fingerprint density at radius 1 is 0.947 bits per heavy atom. The van der Waals surface area contributed by atoms with Crippen LogP contribution in [0.1, 0.15) is 12.7 Å². The van der Waals surface area contributed by atoms with Crippen LogP contribution in [0.15, 0.2) is 54.6 Å². The fourth-order valence-electron chi connectivity index (χ4n) is 2.85. The van der Waals surface area contributed by atoms with Crippen molar-refractivity contribution < 1.29 is 0 Å². The lowest BCUT2D eigenvalue weighted by Gasteiger charge is -2.07. The molecular formula is C17H14N2. The molecule has 19 heavy (non-hydrogen) atoms. The number of nitrogens with zero attached hydrogens (tertiary/aromatic N) is 2. The summed E-state index contributed by atoms with van der Waals surface area (Å²) in [6.45, 7) is 2.16. The molecule has 0 aliphatic carbocycles. The van der Waals surface area contributed by atoms with Gasteiger partial charge in [-0.2, -0.15) is 0 Å². The average molecular weight is 246 g/mol. The van der Waals surface area contributed by atoms with Crippen molar-refractivity contribution in [1.29, 1.82) is 0 Å². The van der Waals surface area contributed by atoms with Crippen molar-refractivity contribution in [2.75, 3.05) is 0 Å². The lowest BCUT2D eigenvalue weighted by atomic mass is 10.2. The summed E-state index contributed by atoms with van der Waals surface area (Å²) in [6, 6.07) is 19.1. The molecule has 92 valence electrons. The molecule has 0 bridgehead atoms. The zero-order valence-electron chi connectivity index (χ0n) is 10.8. The molecule has 0 aliphatic heterocycles. The van der Waals surface area contributed by atoms with Crippen molar-refractivity contribution in [3.05, 3.63) is 60.4 Å². The largest absolute Gasteiger partial charge is 0.297 e. The predicted octanol–water partition coefficient (Wildman–Crippen LogP) is 4.20. The van der Waals surface area contributed by atoms with Gasteiger partial charge in [-0.25, -0.2) is 4.98 Å². The van der Waals surface area contributed by atoms with Crippen LogP contribution in [-0.2, 0) is 6.42 Å². The van der Waals surface area contributed by atoms with E-state index >= 15 is 0 Å². The number of benzene rings is 2. The molecule has 0 saturated carbocycles. The molecule has 0 radical (unpaired) electrons. The number of rotatable bonds is 1. The van der Waals surface area contributed by atoms with Crippen LogP contribution in [0.2, 0.25) is 0 Å². The van der Waals surface area contributed by atoms with Gasteiger partial charge in [0.1, 0.15) is 5.82 Å². The van der Waals surface area contributed by atoms with Crippen molar-refractivity contribution >= 4 is 27.3 Å². The minimum atomic E-state index is 0.931. The normalized spacial score (nSPS) is 11.6. The molecular weight excluding hydrogens is 232 g/mol. The number of hydrogen-bond acceptors (Lipinski definition) is 1. The van der Waals surface area contributed by atoms with E-state index in [-0.39, 0.29) is 0 Å². The highest BCUT2D eigenvalue weighted by Gasteiger charge is 2.10. The first-order valence-corrected chi connectivity index (χ1v) is 6.66. The summed E-state index contributed by atoms with van der Waals surface area (Å²) in [6.07, 6.45) is 0.931. The highest BCUT2D eigenvalue weighted by Crippen LogP contribution is 2.27. The number of aromatic nitrogens is 2. The monoisotopic (exact) mass is 246 g/mol. The number of para-hydroxylation sites is 2. The molecule has 2 aromatic heterocycles. The van der Waals surface area contributed by atoms with Crippen molar-refractivity contribution in [1.82, 2.24) is 9.38 Å². The summed E-state index contributed by atoms with van der Waals surface area (Å²) in [5.41, 5.74) is 3.57. The van der Waals surface area contributed by atoms with Gasteiger partial charge in [-0.3, -0.25) is 4.40 Å². The van der Waals surface area contributed by atoms with Crippen LogP contribution in [-0.4, -0.2) is 9.38 Å². The van der Waals surface area contributed by atoms with Crippen molar-refractivity contribution in [2.24, 2.45) is 0 Å². The highest BCUT2D eigenvalue weighted by atomic mass is 15.0. The standard InChI is InChI=1S/C17H14N2/c1-2-17-18-14-9-5-4-8-13(14)16-11-12-7-3-6-10-15(12)19(16)17/h3-11H,2H2,1H3. The number of hydrogen-bond donors (Lipinski definition) is 0. The van der Waals surface area contributed by atoms with Gasteiger partial charge in [0, 0.05) is 17.2 Å². The van der Waals surface area contributed by atoms with Gasteiger partial charge in [0.25, 0.3) is 0 Å².